The molecular formula is C17H25F3N6O. The minimum Gasteiger partial charge on any atom is -0.349 e. The van der Waals surface area contributed by atoms with Crippen LogP contribution in [0, 0.1) is 13.8 Å². The van der Waals surface area contributed by atoms with Crippen molar-refractivity contribution in [2.24, 2.45) is 5.73 Å². The lowest BCUT2D eigenvalue weighted by molar-refractivity contribution is -0.144. The number of hydrogen-bond acceptors (Lipinski definition) is 5. The van der Waals surface area contributed by atoms with Crippen LogP contribution in [0.25, 0.3) is 5.78 Å². The monoisotopic (exact) mass is 386 g/mol. The zero-order chi connectivity index (χ0) is 20.4. The molecule has 2 rings (SSSR count). The Labute approximate surface area is 155 Å². The molecule has 0 spiro atoms. The highest BCUT2D eigenvalue weighted by Crippen LogP contribution is 2.27. The number of carbonyl (C=O) groups excluding carboxylic acids is 1. The van der Waals surface area contributed by atoms with Crippen LogP contribution in [0.4, 0.5) is 13.2 Å². The molecule has 0 saturated heterocycles. The van der Waals surface area contributed by atoms with Crippen LogP contribution in [0.2, 0.25) is 0 Å². The van der Waals surface area contributed by atoms with Gasteiger partial charge in [-0.15, -0.1) is 5.10 Å². The van der Waals surface area contributed by atoms with E-state index in [4.69, 9.17) is 5.73 Å². The largest absolute Gasteiger partial charge is 0.453 e. The third-order valence-corrected chi connectivity index (χ3v) is 5.05. The number of fused-ring (bicyclic) bond motifs is 1. The molecule has 7 nitrogen and oxygen atoms in total. The summed E-state index contributed by atoms with van der Waals surface area (Å²) in [7, 11) is 0. The van der Waals surface area contributed by atoms with E-state index in [1.54, 1.807) is 13.8 Å². The van der Waals surface area contributed by atoms with Gasteiger partial charge in [0, 0.05) is 24.4 Å². The van der Waals surface area contributed by atoms with E-state index < -0.39 is 17.5 Å². The van der Waals surface area contributed by atoms with Gasteiger partial charge in [-0.2, -0.15) is 18.2 Å². The van der Waals surface area contributed by atoms with Gasteiger partial charge in [-0.05, 0) is 38.7 Å². The van der Waals surface area contributed by atoms with Gasteiger partial charge in [0.1, 0.15) is 0 Å². The molecule has 0 aliphatic rings. The molecule has 0 aromatic carbocycles. The van der Waals surface area contributed by atoms with E-state index in [9.17, 15) is 18.0 Å². The van der Waals surface area contributed by atoms with Gasteiger partial charge >= 0.3 is 6.18 Å². The second kappa shape index (κ2) is 7.79. The number of alkyl halides is 3. The molecule has 2 aromatic rings. The zero-order valence-corrected chi connectivity index (χ0v) is 15.9. The summed E-state index contributed by atoms with van der Waals surface area (Å²) >= 11 is 0. The molecule has 0 radical (unpaired) electrons. The number of halogens is 3. The maximum atomic E-state index is 12.8. The molecule has 0 aliphatic heterocycles. The average molecular weight is 386 g/mol. The lowest BCUT2D eigenvalue weighted by Crippen LogP contribution is -2.52. The smallest absolute Gasteiger partial charge is 0.349 e. The van der Waals surface area contributed by atoms with Gasteiger partial charge in [-0.25, -0.2) is 9.50 Å². The van der Waals surface area contributed by atoms with Crippen molar-refractivity contribution in [2.45, 2.75) is 65.1 Å². The molecule has 27 heavy (non-hydrogen) atoms. The summed E-state index contributed by atoms with van der Waals surface area (Å²) in [5.41, 5.74) is 7.07. The van der Waals surface area contributed by atoms with E-state index in [-0.39, 0.29) is 18.1 Å². The molecule has 0 saturated carbocycles. The first kappa shape index (κ1) is 21.1. The maximum Gasteiger partial charge on any atom is 0.453 e. The second-order valence-electron chi connectivity index (χ2n) is 6.65. The van der Waals surface area contributed by atoms with Crippen molar-refractivity contribution < 1.29 is 18.0 Å². The minimum atomic E-state index is -4.64. The number of carbonyl (C=O) groups is 1. The summed E-state index contributed by atoms with van der Waals surface area (Å²) in [5.74, 6) is -1.49. The normalized spacial score (nSPS) is 12.6. The van der Waals surface area contributed by atoms with Crippen molar-refractivity contribution in [2.75, 3.05) is 6.54 Å². The van der Waals surface area contributed by atoms with Crippen molar-refractivity contribution in [3.63, 3.8) is 0 Å². The summed E-state index contributed by atoms with van der Waals surface area (Å²) in [6, 6.07) is 0. The summed E-state index contributed by atoms with van der Waals surface area (Å²) in [5, 5.41) is 6.49. The number of aryl methyl sites for hydroxylation is 2. The van der Waals surface area contributed by atoms with Crippen molar-refractivity contribution in [3.8, 4) is 0 Å². The highest BCUT2D eigenvalue weighted by Gasteiger charge is 2.37. The molecule has 10 heteroatoms. The molecule has 1 amide bonds. The van der Waals surface area contributed by atoms with E-state index in [1.807, 2.05) is 13.8 Å². The van der Waals surface area contributed by atoms with Gasteiger partial charge in [0.15, 0.2) is 0 Å². The van der Waals surface area contributed by atoms with Crippen LogP contribution >= 0.6 is 0 Å². The van der Waals surface area contributed by atoms with Crippen molar-refractivity contribution in [1.82, 2.24) is 24.9 Å². The van der Waals surface area contributed by atoms with E-state index in [1.165, 1.54) is 0 Å². The van der Waals surface area contributed by atoms with Gasteiger partial charge in [0.05, 0.1) is 5.54 Å². The van der Waals surface area contributed by atoms with Crippen molar-refractivity contribution in [1.29, 1.82) is 0 Å². The minimum absolute atomic E-state index is 0.107. The van der Waals surface area contributed by atoms with Crippen LogP contribution in [-0.4, -0.2) is 37.6 Å². The number of nitrogens with zero attached hydrogens (tertiary/aromatic N) is 4. The van der Waals surface area contributed by atoms with E-state index in [0.29, 0.717) is 29.9 Å². The van der Waals surface area contributed by atoms with E-state index in [0.717, 1.165) is 17.4 Å². The Morgan fingerprint density at radius 2 is 1.81 bits per heavy atom. The molecule has 2 aromatic heterocycles. The number of hydrogen-bond donors (Lipinski definition) is 2. The van der Waals surface area contributed by atoms with Crippen LogP contribution in [0.1, 0.15) is 55.9 Å². The molecule has 0 aliphatic carbocycles. The Balaban J connectivity index is 2.23. The summed E-state index contributed by atoms with van der Waals surface area (Å²) in [6.45, 7) is 7.60. The Morgan fingerprint density at radius 1 is 1.19 bits per heavy atom. The van der Waals surface area contributed by atoms with Crippen LogP contribution in [0.5, 0.6) is 0 Å². The molecule has 0 unspecified atom stereocenters. The van der Waals surface area contributed by atoms with Crippen LogP contribution < -0.4 is 11.1 Å². The van der Waals surface area contributed by atoms with E-state index in [2.05, 4.69) is 20.4 Å². The Hall–Kier alpha value is -2.23. The molecule has 3 N–H and O–H groups in total. The first-order valence-electron chi connectivity index (χ1n) is 8.88. The van der Waals surface area contributed by atoms with Gasteiger partial charge in [-0.1, -0.05) is 13.8 Å². The third-order valence-electron chi connectivity index (χ3n) is 5.05. The first-order chi connectivity index (χ1) is 12.6. The summed E-state index contributed by atoms with van der Waals surface area (Å²) in [6.07, 6.45) is -2.69. The average Bonchev–Trinajstić information content (AvgIpc) is 3.04. The number of nitrogens with two attached hydrogens (primary N) is 1. The Bertz CT molecular complexity index is 818. The molecule has 0 atom stereocenters. The highest BCUT2D eigenvalue weighted by atomic mass is 19.4. The number of nitrogens with one attached hydrogen (secondary N) is 1. The lowest BCUT2D eigenvalue weighted by atomic mass is 9.92. The molecule has 0 fully saturated rings. The lowest BCUT2D eigenvalue weighted by Gasteiger charge is -2.31. The number of aromatic nitrogens is 4. The maximum absolute atomic E-state index is 12.8. The van der Waals surface area contributed by atoms with Crippen LogP contribution in [0.15, 0.2) is 0 Å². The summed E-state index contributed by atoms with van der Waals surface area (Å²) in [4.78, 5) is 19.9. The van der Waals surface area contributed by atoms with Crippen molar-refractivity contribution >= 4 is 11.7 Å². The van der Waals surface area contributed by atoms with Crippen LogP contribution in [0.3, 0.4) is 0 Å². The highest BCUT2D eigenvalue weighted by molar-refractivity contribution is 5.77. The second-order valence-corrected chi connectivity index (χ2v) is 6.65. The van der Waals surface area contributed by atoms with Gasteiger partial charge in [0.2, 0.25) is 5.91 Å². The quantitative estimate of drug-likeness (QED) is 0.761. The Morgan fingerprint density at radius 3 is 2.33 bits per heavy atom. The fraction of sp³-hybridized carbons (Fsp3) is 0.647. The zero-order valence-electron chi connectivity index (χ0n) is 15.9. The third kappa shape index (κ3) is 4.37. The predicted octanol–water partition coefficient (Wildman–Crippen LogP) is 2.33. The first-order valence-corrected chi connectivity index (χ1v) is 8.88. The topological polar surface area (TPSA) is 98.2 Å². The standard InChI is InChI=1S/C17H25F3N6O/c1-5-16(6-2,9-21)24-13(27)8-7-12-10(3)22-15-23-14(17(18,19)20)25-26(15)11(12)4/h5-9,21H2,1-4H3,(H,24,27). The van der Waals surface area contributed by atoms with Crippen molar-refractivity contribution in [3.05, 3.63) is 22.8 Å². The number of amides is 1. The summed E-state index contributed by atoms with van der Waals surface area (Å²) < 4.78 is 39.6. The molecule has 2 heterocycles. The molecule has 0 bridgehead atoms. The SMILES string of the molecule is CCC(CC)(CN)NC(=O)CCc1c(C)nc2nc(C(F)(F)F)nn2c1C. The van der Waals surface area contributed by atoms with Gasteiger partial charge in [-0.3, -0.25) is 4.79 Å². The van der Waals surface area contributed by atoms with Gasteiger partial charge < -0.3 is 11.1 Å². The Kier molecular flexibility index (Phi) is 6.08. The van der Waals surface area contributed by atoms with E-state index >= 15 is 0 Å². The van der Waals surface area contributed by atoms with Crippen LogP contribution in [-0.2, 0) is 17.4 Å². The fourth-order valence-electron chi connectivity index (χ4n) is 3.05. The number of rotatable bonds is 7. The molecular weight excluding hydrogens is 361 g/mol. The fourth-order valence-corrected chi connectivity index (χ4v) is 3.05. The predicted molar refractivity (Wildman–Crippen MR) is 94.1 cm³/mol. The molecule has 150 valence electrons. The van der Waals surface area contributed by atoms with Gasteiger partial charge in [0.25, 0.3) is 11.6 Å².